The van der Waals surface area contributed by atoms with Gasteiger partial charge in [-0.05, 0) is 0 Å². The van der Waals surface area contributed by atoms with Crippen molar-refractivity contribution in [1.29, 1.82) is 0 Å². The van der Waals surface area contributed by atoms with Gasteiger partial charge in [-0.25, -0.2) is 0 Å². The number of hydrogen-bond donors (Lipinski definition) is 0. The number of halogens is 1. The molecule has 1 aliphatic heterocycles. The van der Waals surface area contributed by atoms with Crippen molar-refractivity contribution in [1.82, 2.24) is 0 Å². The molecule has 0 bridgehead atoms. The summed E-state index contributed by atoms with van der Waals surface area (Å²) in [6.45, 7) is 9.76. The van der Waals surface area contributed by atoms with Crippen LogP contribution in [-0.4, -0.2) is 37.1 Å². The molecule has 1 unspecified atom stereocenters. The topological polar surface area (TPSA) is 34.0 Å². The van der Waals surface area contributed by atoms with Gasteiger partial charge in [0, 0.05) is 0 Å². The number of ether oxygens (including phenoxy) is 1. The maximum Gasteiger partial charge on any atom is -0.147 e. The molecule has 6 heteroatoms. The molecule has 0 saturated heterocycles. The van der Waals surface area contributed by atoms with Crippen molar-refractivity contribution in [3.8, 4) is 0 Å². The van der Waals surface area contributed by atoms with Crippen molar-refractivity contribution in [3.05, 3.63) is 0 Å². The van der Waals surface area contributed by atoms with Crippen LogP contribution in [0.1, 0.15) is 6.92 Å². The molecule has 0 aromatic carbocycles. The third-order valence-electron chi connectivity index (χ3n) is 2.48. The Morgan fingerprint density at radius 3 is 2.20 bits per heavy atom. The van der Waals surface area contributed by atoms with E-state index in [0.717, 1.165) is 18.3 Å². The van der Waals surface area contributed by atoms with Gasteiger partial charge in [-0.2, -0.15) is 0 Å². The zero-order valence-corrected chi connectivity index (χ0v) is 14.6. The molecule has 0 spiro atoms. The predicted molar refractivity (Wildman–Crippen MR) is 65.7 cm³/mol. The molecule has 0 amide bonds. The molecular formula is C9H18ClN2OSiZn. The van der Waals surface area contributed by atoms with Gasteiger partial charge in [-0.15, -0.1) is 12.4 Å². The van der Waals surface area contributed by atoms with Crippen molar-refractivity contribution in [2.24, 2.45) is 9.98 Å². The Bertz CT molecular complexity index is 253. The molecule has 0 aliphatic carbocycles. The van der Waals surface area contributed by atoms with Crippen LogP contribution in [0.15, 0.2) is 9.98 Å². The first-order chi connectivity index (χ1) is 6.33. The zero-order valence-electron chi connectivity index (χ0n) is 9.86. The van der Waals surface area contributed by atoms with Gasteiger partial charge in [0.15, 0.2) is 0 Å². The van der Waals surface area contributed by atoms with Gasteiger partial charge < -0.3 is 0 Å². The van der Waals surface area contributed by atoms with E-state index in [2.05, 4.69) is 36.5 Å². The molecule has 15 heavy (non-hydrogen) atoms. The summed E-state index contributed by atoms with van der Waals surface area (Å²) in [6, 6.07) is 0. The quantitative estimate of drug-likeness (QED) is 0.732. The molecule has 0 N–H and O–H groups in total. The van der Waals surface area contributed by atoms with E-state index in [1.807, 2.05) is 0 Å². The Morgan fingerprint density at radius 1 is 1.33 bits per heavy atom. The molecular weight excluding hydrogens is 281 g/mol. The average molecular weight is 299 g/mol. The summed E-state index contributed by atoms with van der Waals surface area (Å²) in [4.78, 5) is 8.64. The normalized spacial score (nSPS) is 20.1. The summed E-state index contributed by atoms with van der Waals surface area (Å²) >= 11 is 1.03. The van der Waals surface area contributed by atoms with E-state index in [4.69, 9.17) is 4.74 Å². The summed E-state index contributed by atoms with van der Waals surface area (Å²) in [5.74, 6) is 0. The third-order valence-corrected chi connectivity index (χ3v) is 6.28. The van der Waals surface area contributed by atoms with Crippen molar-refractivity contribution >= 4 is 32.9 Å². The van der Waals surface area contributed by atoms with Crippen molar-refractivity contribution in [2.75, 3.05) is 6.61 Å². The maximum absolute atomic E-state index is 5.86. The molecule has 0 aromatic rings. The summed E-state index contributed by atoms with van der Waals surface area (Å²) in [6.07, 6.45) is 3.54. The first-order valence-corrected chi connectivity index (χ1v) is 9.96. The molecule has 1 aliphatic rings. The Balaban J connectivity index is 0.00000196. The van der Waals surface area contributed by atoms with E-state index >= 15 is 0 Å². The fourth-order valence-corrected chi connectivity index (χ4v) is 2.23. The molecule has 0 radical (unpaired) electrons. The molecule has 0 aromatic heterocycles. The molecule has 0 fully saturated rings. The van der Waals surface area contributed by atoms with Gasteiger partial charge in [0.05, 0.1) is 0 Å². The van der Waals surface area contributed by atoms with Crippen LogP contribution in [0, 0.1) is 0 Å². The van der Waals surface area contributed by atoms with Crippen LogP contribution >= 0.6 is 12.4 Å². The Morgan fingerprint density at radius 2 is 1.80 bits per heavy atom. The van der Waals surface area contributed by atoms with Crippen LogP contribution in [0.25, 0.3) is 0 Å². The Hall–Kier alpha value is 0.430. The molecule has 0 saturated carbocycles. The number of hydrogen-bond acceptors (Lipinski definition) is 3. The fourth-order valence-electron chi connectivity index (χ4n) is 0.960. The van der Waals surface area contributed by atoms with Gasteiger partial charge in [-0.3, -0.25) is 0 Å². The predicted octanol–water partition coefficient (Wildman–Crippen LogP) is 2.05. The van der Waals surface area contributed by atoms with E-state index in [0.29, 0.717) is 12.3 Å². The second kappa shape index (κ2) is 5.67. The van der Waals surface area contributed by atoms with E-state index in [9.17, 15) is 0 Å². The molecule has 3 nitrogen and oxygen atoms in total. The summed E-state index contributed by atoms with van der Waals surface area (Å²) in [5.41, 5.74) is 0.372. The Kier molecular flexibility index (Phi) is 5.83. The molecule has 83 valence electrons. The number of nitrogens with zero attached hydrogens (tertiary/aromatic N) is 2. The smallest absolute Gasteiger partial charge is 0.147 e. The van der Waals surface area contributed by atoms with Crippen LogP contribution in [0.4, 0.5) is 0 Å². The van der Waals surface area contributed by atoms with Crippen LogP contribution in [0.5, 0.6) is 0 Å². The van der Waals surface area contributed by atoms with E-state index in [1.165, 1.54) is 0 Å². The average Bonchev–Trinajstić information content (AvgIpc) is 2.47. The van der Waals surface area contributed by atoms with Gasteiger partial charge in [0.1, 0.15) is 0 Å². The van der Waals surface area contributed by atoms with Crippen molar-refractivity contribution < 1.29 is 23.0 Å². The first kappa shape index (κ1) is 15.4. The van der Waals surface area contributed by atoms with Crippen LogP contribution < -0.4 is 0 Å². The summed E-state index contributed by atoms with van der Waals surface area (Å²) in [5, 5.41) is 0. The second-order valence-electron chi connectivity index (χ2n) is 4.86. The molecule has 1 heterocycles. The minimum atomic E-state index is -1.18. The van der Waals surface area contributed by atoms with E-state index in [1.54, 1.807) is 12.4 Å². The van der Waals surface area contributed by atoms with Gasteiger partial charge in [0.2, 0.25) is 0 Å². The third kappa shape index (κ3) is 4.85. The number of aliphatic imine (C=N–C) groups is 2. The zero-order chi connectivity index (χ0) is 10.8. The second-order valence-corrected chi connectivity index (χ2v) is 12.8. The minimum Gasteiger partial charge on any atom is -0.147 e. The van der Waals surface area contributed by atoms with E-state index in [-0.39, 0.29) is 16.7 Å². The minimum absolute atomic E-state index is 0. The summed E-state index contributed by atoms with van der Waals surface area (Å²) in [7, 11) is -1.18. The number of rotatable bonds is 4. The van der Waals surface area contributed by atoms with Gasteiger partial charge >= 0.3 is 96.7 Å². The Labute approximate surface area is 109 Å². The fraction of sp³-hybridized carbons (Fsp3) is 0.778. The van der Waals surface area contributed by atoms with Crippen molar-refractivity contribution in [2.45, 2.75) is 36.5 Å². The van der Waals surface area contributed by atoms with Gasteiger partial charge in [-0.1, -0.05) is 0 Å². The SMILES string of the molecule is CC(OC[C]1([Zn])N=CC=N1)[Si](C)(C)C.Cl. The monoisotopic (exact) mass is 297 g/mol. The van der Waals surface area contributed by atoms with Crippen LogP contribution in [0.2, 0.25) is 19.6 Å². The summed E-state index contributed by atoms with van der Waals surface area (Å²) < 4.78 is 5.62. The van der Waals surface area contributed by atoms with Crippen LogP contribution in [0.3, 0.4) is 0 Å². The first-order valence-electron chi connectivity index (χ1n) is 4.89. The van der Waals surface area contributed by atoms with Crippen molar-refractivity contribution in [3.63, 3.8) is 0 Å². The van der Waals surface area contributed by atoms with E-state index < -0.39 is 8.07 Å². The van der Waals surface area contributed by atoms with Gasteiger partial charge in [0.25, 0.3) is 0 Å². The molecule has 1 rings (SSSR count). The molecule has 1 atom stereocenters. The standard InChI is InChI=1S/C9H17N2OSi.ClH.Zn/c1-8(13(2,3)4)12-7-9-10-5-6-11-9;;/h5-6,8H,7H2,1-4H3;1H;. The largest absolute Gasteiger partial charge is 0.147 e. The maximum atomic E-state index is 5.86. The van der Waals surface area contributed by atoms with Crippen LogP contribution in [-0.2, 0) is 23.0 Å².